The van der Waals surface area contributed by atoms with Crippen molar-refractivity contribution in [1.29, 1.82) is 0 Å². The summed E-state index contributed by atoms with van der Waals surface area (Å²) >= 11 is 1.69. The highest BCUT2D eigenvalue weighted by molar-refractivity contribution is 7.09. The van der Waals surface area contributed by atoms with E-state index in [4.69, 9.17) is 9.47 Å². The van der Waals surface area contributed by atoms with Gasteiger partial charge in [0.15, 0.2) is 0 Å². The van der Waals surface area contributed by atoms with Crippen molar-refractivity contribution in [3.8, 4) is 11.5 Å². The molecular weight excluding hydrogens is 274 g/mol. The van der Waals surface area contributed by atoms with Gasteiger partial charge in [-0.25, -0.2) is 0 Å². The summed E-state index contributed by atoms with van der Waals surface area (Å²) in [6, 6.07) is 9.22. The fourth-order valence-electron chi connectivity index (χ4n) is 1.84. The molecule has 0 spiro atoms. The van der Waals surface area contributed by atoms with Crippen LogP contribution in [0.5, 0.6) is 11.5 Å². The van der Waals surface area contributed by atoms with Crippen LogP contribution < -0.4 is 14.8 Å². The number of hydrogen-bond acceptors (Lipinski definition) is 4. The van der Waals surface area contributed by atoms with Gasteiger partial charge in [-0.2, -0.15) is 0 Å². The number of amides is 1. The zero-order valence-electron chi connectivity index (χ0n) is 11.5. The third-order valence-corrected chi connectivity index (χ3v) is 3.83. The third kappa shape index (κ3) is 3.51. The molecule has 0 saturated heterocycles. The molecule has 1 heterocycles. The highest BCUT2D eigenvalue weighted by Crippen LogP contribution is 2.24. The van der Waals surface area contributed by atoms with Crippen LogP contribution in [0.25, 0.3) is 0 Å². The van der Waals surface area contributed by atoms with E-state index in [0.29, 0.717) is 23.6 Å². The van der Waals surface area contributed by atoms with Crippen molar-refractivity contribution in [3.05, 3.63) is 46.2 Å². The van der Waals surface area contributed by atoms with Crippen LogP contribution in [0.1, 0.15) is 15.2 Å². The van der Waals surface area contributed by atoms with Crippen LogP contribution in [0.15, 0.2) is 35.7 Å². The average molecular weight is 291 g/mol. The fraction of sp³-hybridized carbons (Fsp3) is 0.267. The summed E-state index contributed by atoms with van der Waals surface area (Å²) in [6.45, 7) is 0.606. The summed E-state index contributed by atoms with van der Waals surface area (Å²) in [6.07, 6.45) is 0.835. The van der Waals surface area contributed by atoms with Gasteiger partial charge in [0.1, 0.15) is 11.5 Å². The molecule has 0 saturated carbocycles. The Morgan fingerprint density at radius 2 is 2.10 bits per heavy atom. The first kappa shape index (κ1) is 14.4. The Morgan fingerprint density at radius 1 is 1.25 bits per heavy atom. The van der Waals surface area contributed by atoms with Crippen molar-refractivity contribution in [1.82, 2.24) is 5.32 Å². The molecule has 5 heteroatoms. The Bertz CT molecular complexity index is 567. The highest BCUT2D eigenvalue weighted by Gasteiger charge is 2.12. The van der Waals surface area contributed by atoms with Crippen LogP contribution in [-0.4, -0.2) is 26.7 Å². The van der Waals surface area contributed by atoms with Crippen molar-refractivity contribution < 1.29 is 14.3 Å². The minimum atomic E-state index is -0.138. The lowest BCUT2D eigenvalue weighted by Crippen LogP contribution is -2.25. The second-order valence-electron chi connectivity index (χ2n) is 4.15. The van der Waals surface area contributed by atoms with E-state index in [1.54, 1.807) is 36.6 Å². The van der Waals surface area contributed by atoms with Crippen LogP contribution in [-0.2, 0) is 6.42 Å². The standard InChI is InChI=1S/C15H17NO3S/c1-18-11-5-6-13(14(10-11)19-2)15(17)16-8-7-12-4-3-9-20-12/h3-6,9-10H,7-8H2,1-2H3,(H,16,17). The number of thiophene rings is 1. The number of nitrogens with one attached hydrogen (secondary N) is 1. The van der Waals surface area contributed by atoms with Gasteiger partial charge in [-0.1, -0.05) is 6.07 Å². The van der Waals surface area contributed by atoms with Gasteiger partial charge >= 0.3 is 0 Å². The molecule has 20 heavy (non-hydrogen) atoms. The summed E-state index contributed by atoms with van der Waals surface area (Å²) in [5.41, 5.74) is 0.513. The SMILES string of the molecule is COc1ccc(C(=O)NCCc2cccs2)c(OC)c1. The molecule has 0 aliphatic heterocycles. The molecule has 1 aromatic carbocycles. The molecular formula is C15H17NO3S. The maximum atomic E-state index is 12.1. The van der Waals surface area contributed by atoms with Crippen LogP contribution in [0.4, 0.5) is 0 Å². The molecule has 1 N–H and O–H groups in total. The molecule has 2 rings (SSSR count). The molecule has 0 radical (unpaired) electrons. The summed E-state index contributed by atoms with van der Waals surface area (Å²) in [5.74, 6) is 1.04. The molecule has 106 valence electrons. The van der Waals surface area contributed by atoms with E-state index in [1.807, 2.05) is 11.4 Å². The lowest BCUT2D eigenvalue weighted by atomic mass is 10.1. The molecule has 1 amide bonds. The summed E-state index contributed by atoms with van der Waals surface area (Å²) in [4.78, 5) is 13.4. The van der Waals surface area contributed by atoms with E-state index >= 15 is 0 Å². The largest absolute Gasteiger partial charge is 0.497 e. The van der Waals surface area contributed by atoms with Crippen LogP contribution in [0.2, 0.25) is 0 Å². The Labute approximate surface area is 122 Å². The lowest BCUT2D eigenvalue weighted by Gasteiger charge is -2.10. The van der Waals surface area contributed by atoms with E-state index in [2.05, 4.69) is 11.4 Å². The predicted molar refractivity (Wildman–Crippen MR) is 79.9 cm³/mol. The molecule has 0 bridgehead atoms. The Hall–Kier alpha value is -2.01. The van der Waals surface area contributed by atoms with Gasteiger partial charge in [-0.15, -0.1) is 11.3 Å². The maximum absolute atomic E-state index is 12.1. The zero-order valence-corrected chi connectivity index (χ0v) is 12.3. The molecule has 0 atom stereocenters. The van der Waals surface area contributed by atoms with E-state index < -0.39 is 0 Å². The first-order valence-corrected chi connectivity index (χ1v) is 7.15. The zero-order chi connectivity index (χ0) is 14.4. The normalized spacial score (nSPS) is 10.1. The minimum absolute atomic E-state index is 0.138. The van der Waals surface area contributed by atoms with E-state index in [9.17, 15) is 4.79 Å². The fourth-order valence-corrected chi connectivity index (χ4v) is 2.54. The van der Waals surface area contributed by atoms with Gasteiger partial charge in [0.25, 0.3) is 5.91 Å². The molecule has 2 aromatic rings. The third-order valence-electron chi connectivity index (χ3n) is 2.89. The molecule has 0 fully saturated rings. The lowest BCUT2D eigenvalue weighted by molar-refractivity contribution is 0.0951. The molecule has 0 unspecified atom stereocenters. The van der Waals surface area contributed by atoms with Gasteiger partial charge < -0.3 is 14.8 Å². The van der Waals surface area contributed by atoms with E-state index in [0.717, 1.165) is 6.42 Å². The van der Waals surface area contributed by atoms with Crippen LogP contribution >= 0.6 is 11.3 Å². The Morgan fingerprint density at radius 3 is 2.75 bits per heavy atom. The van der Waals surface area contributed by atoms with E-state index in [-0.39, 0.29) is 5.91 Å². The molecule has 0 aliphatic rings. The van der Waals surface area contributed by atoms with Crippen LogP contribution in [0, 0.1) is 0 Å². The number of carbonyl (C=O) groups excluding carboxylic acids is 1. The number of carbonyl (C=O) groups is 1. The van der Waals surface area contributed by atoms with Gasteiger partial charge in [0.05, 0.1) is 19.8 Å². The predicted octanol–water partition coefficient (Wildman–Crippen LogP) is 2.74. The minimum Gasteiger partial charge on any atom is -0.497 e. The second kappa shape index (κ2) is 6.96. The summed E-state index contributed by atoms with van der Waals surface area (Å²) in [5, 5.41) is 4.93. The summed E-state index contributed by atoms with van der Waals surface area (Å²) < 4.78 is 10.3. The smallest absolute Gasteiger partial charge is 0.255 e. The van der Waals surface area contributed by atoms with Crippen molar-refractivity contribution in [2.75, 3.05) is 20.8 Å². The topological polar surface area (TPSA) is 47.6 Å². The van der Waals surface area contributed by atoms with Gasteiger partial charge in [-0.05, 0) is 30.0 Å². The monoisotopic (exact) mass is 291 g/mol. The number of rotatable bonds is 6. The summed E-state index contributed by atoms with van der Waals surface area (Å²) in [7, 11) is 3.12. The molecule has 0 aliphatic carbocycles. The van der Waals surface area contributed by atoms with Gasteiger partial charge in [0.2, 0.25) is 0 Å². The van der Waals surface area contributed by atoms with Crippen molar-refractivity contribution in [2.24, 2.45) is 0 Å². The Balaban J connectivity index is 1.98. The number of ether oxygens (including phenoxy) is 2. The number of hydrogen-bond donors (Lipinski definition) is 1. The molecule has 1 aromatic heterocycles. The molecule has 4 nitrogen and oxygen atoms in total. The average Bonchev–Trinajstić information content (AvgIpc) is 2.99. The highest BCUT2D eigenvalue weighted by atomic mass is 32.1. The van der Waals surface area contributed by atoms with Crippen LogP contribution in [0.3, 0.4) is 0 Å². The first-order chi connectivity index (χ1) is 9.74. The quantitative estimate of drug-likeness (QED) is 0.890. The maximum Gasteiger partial charge on any atom is 0.255 e. The van der Waals surface area contributed by atoms with Gasteiger partial charge in [-0.3, -0.25) is 4.79 Å². The van der Waals surface area contributed by atoms with Crippen molar-refractivity contribution in [3.63, 3.8) is 0 Å². The number of benzene rings is 1. The van der Waals surface area contributed by atoms with E-state index in [1.165, 1.54) is 12.0 Å². The second-order valence-corrected chi connectivity index (χ2v) is 5.18. The first-order valence-electron chi connectivity index (χ1n) is 6.27. The van der Waals surface area contributed by atoms with Crippen molar-refractivity contribution >= 4 is 17.2 Å². The Kier molecular flexibility index (Phi) is 5.01. The number of methoxy groups -OCH3 is 2. The van der Waals surface area contributed by atoms with Gasteiger partial charge in [0, 0.05) is 17.5 Å². The van der Waals surface area contributed by atoms with Crippen molar-refractivity contribution in [2.45, 2.75) is 6.42 Å².